The number of thioether (sulfide) groups is 1. The monoisotopic (exact) mass is 463 g/mol. The summed E-state index contributed by atoms with van der Waals surface area (Å²) in [6, 6.07) is 6.33. The zero-order valence-electron chi connectivity index (χ0n) is 17.8. The number of carbonyl (C=O) groups is 4. The van der Waals surface area contributed by atoms with Gasteiger partial charge in [-0.3, -0.25) is 9.59 Å². The van der Waals surface area contributed by atoms with Crippen molar-refractivity contribution in [3.8, 4) is 5.75 Å². The molecule has 10 heteroatoms. The molecule has 0 radical (unpaired) electrons. The fourth-order valence-corrected chi connectivity index (χ4v) is 5.37. The van der Waals surface area contributed by atoms with Gasteiger partial charge >= 0.3 is 12.0 Å². The lowest BCUT2D eigenvalue weighted by molar-refractivity contribution is -0.122. The number of urea groups is 1. The van der Waals surface area contributed by atoms with Gasteiger partial charge in [0, 0.05) is 30.4 Å². The molecule has 174 valence electrons. The molecule has 2 aliphatic heterocycles. The van der Waals surface area contributed by atoms with Crippen molar-refractivity contribution in [1.82, 2.24) is 16.0 Å². The average Bonchev–Trinajstić information content (AvgIpc) is 3.32. The molecule has 0 spiro atoms. The summed E-state index contributed by atoms with van der Waals surface area (Å²) in [4.78, 5) is 46.2. The number of fused-ring (bicyclic) bond motifs is 1. The SMILES string of the molecule is O=C(CCCNC(=O)CCCC[C@@H]1SC[C@@H]2NC(=O)N[C@@H]21)COc1cccc(C(=O)O)c1. The van der Waals surface area contributed by atoms with Crippen molar-refractivity contribution in [2.45, 2.75) is 55.9 Å². The number of benzene rings is 1. The van der Waals surface area contributed by atoms with Crippen molar-refractivity contribution in [3.05, 3.63) is 29.8 Å². The Morgan fingerprint density at radius 1 is 1.16 bits per heavy atom. The van der Waals surface area contributed by atoms with E-state index in [4.69, 9.17) is 9.84 Å². The molecule has 3 amide bonds. The second-order valence-corrected chi connectivity index (χ2v) is 9.25. The van der Waals surface area contributed by atoms with E-state index in [-0.39, 0.29) is 48.4 Å². The highest BCUT2D eigenvalue weighted by Gasteiger charge is 2.42. The summed E-state index contributed by atoms with van der Waals surface area (Å²) in [5.74, 6) is 0.0909. The van der Waals surface area contributed by atoms with Gasteiger partial charge in [-0.1, -0.05) is 12.5 Å². The van der Waals surface area contributed by atoms with Gasteiger partial charge in [0.15, 0.2) is 5.78 Å². The van der Waals surface area contributed by atoms with E-state index < -0.39 is 5.97 Å². The molecule has 0 aromatic heterocycles. The normalized spacial score (nSPS) is 21.4. The lowest BCUT2D eigenvalue weighted by Gasteiger charge is -2.16. The Morgan fingerprint density at radius 2 is 2.00 bits per heavy atom. The first-order valence-electron chi connectivity index (χ1n) is 10.9. The number of Topliss-reactive ketones (excluding diaryl/α,β-unsaturated/α-hetero) is 1. The number of hydrogen-bond donors (Lipinski definition) is 4. The topological polar surface area (TPSA) is 134 Å². The summed E-state index contributed by atoms with van der Waals surface area (Å²) in [7, 11) is 0. The molecule has 0 bridgehead atoms. The van der Waals surface area contributed by atoms with E-state index in [0.717, 1.165) is 25.0 Å². The lowest BCUT2D eigenvalue weighted by atomic mass is 10.0. The van der Waals surface area contributed by atoms with E-state index in [1.54, 1.807) is 12.1 Å². The van der Waals surface area contributed by atoms with Crippen LogP contribution in [0, 0.1) is 0 Å². The van der Waals surface area contributed by atoms with Gasteiger partial charge in [-0.15, -0.1) is 0 Å². The van der Waals surface area contributed by atoms with Crippen molar-refractivity contribution in [1.29, 1.82) is 0 Å². The fraction of sp³-hybridized carbons (Fsp3) is 0.545. The smallest absolute Gasteiger partial charge is 0.335 e. The number of hydrogen-bond acceptors (Lipinski definition) is 6. The molecule has 32 heavy (non-hydrogen) atoms. The van der Waals surface area contributed by atoms with Gasteiger partial charge in [-0.25, -0.2) is 9.59 Å². The standard InChI is InChI=1S/C22H29N3O6S/c26-15(12-31-16-7-3-5-14(11-16)21(28)29)6-4-10-23-19(27)9-2-1-8-18-20-17(13-32-18)24-22(30)25-20/h3,5,7,11,17-18,20H,1-2,4,6,8-10,12-13H2,(H,23,27)(H,28,29)(H2,24,25,30)/t17-,18-,20-/m0/s1. The number of ketones is 1. The summed E-state index contributed by atoms with van der Waals surface area (Å²) in [5, 5.41) is 18.1. The van der Waals surface area contributed by atoms with Gasteiger partial charge in [-0.05, 0) is 37.5 Å². The second kappa shape index (κ2) is 11.8. The molecular formula is C22H29N3O6S. The quantitative estimate of drug-likeness (QED) is 0.259. The Labute approximate surface area is 191 Å². The minimum atomic E-state index is -1.05. The zero-order valence-corrected chi connectivity index (χ0v) is 18.6. The van der Waals surface area contributed by atoms with Crippen molar-refractivity contribution in [2.75, 3.05) is 18.9 Å². The third-order valence-electron chi connectivity index (χ3n) is 5.52. The molecule has 4 N–H and O–H groups in total. The van der Waals surface area contributed by atoms with Crippen LogP contribution < -0.4 is 20.7 Å². The zero-order chi connectivity index (χ0) is 22.9. The number of aromatic carboxylic acids is 1. The first-order chi connectivity index (χ1) is 15.4. The van der Waals surface area contributed by atoms with Crippen LogP contribution in [0.1, 0.15) is 48.9 Å². The largest absolute Gasteiger partial charge is 0.486 e. The molecule has 0 unspecified atom stereocenters. The van der Waals surface area contributed by atoms with Crippen LogP contribution in [-0.4, -0.2) is 65.0 Å². The third-order valence-corrected chi connectivity index (χ3v) is 7.02. The lowest BCUT2D eigenvalue weighted by Crippen LogP contribution is -2.36. The number of carboxylic acid groups (broad SMARTS) is 1. The molecule has 2 heterocycles. The van der Waals surface area contributed by atoms with Crippen LogP contribution >= 0.6 is 11.8 Å². The Bertz CT molecular complexity index is 849. The number of nitrogens with one attached hydrogen (secondary N) is 3. The van der Waals surface area contributed by atoms with E-state index >= 15 is 0 Å². The maximum atomic E-state index is 12.0. The number of carbonyl (C=O) groups excluding carboxylic acids is 3. The summed E-state index contributed by atoms with van der Waals surface area (Å²) in [6.07, 6.45) is 3.96. The highest BCUT2D eigenvalue weighted by molar-refractivity contribution is 8.00. The molecule has 0 aliphatic carbocycles. The highest BCUT2D eigenvalue weighted by atomic mass is 32.2. The Balaban J connectivity index is 1.20. The van der Waals surface area contributed by atoms with Gasteiger partial charge in [0.25, 0.3) is 0 Å². The Hall–Kier alpha value is -2.75. The molecule has 2 saturated heterocycles. The summed E-state index contributed by atoms with van der Waals surface area (Å²) in [5.41, 5.74) is 0.103. The molecular weight excluding hydrogens is 434 g/mol. The third kappa shape index (κ3) is 7.15. The van der Waals surface area contributed by atoms with E-state index in [2.05, 4.69) is 16.0 Å². The van der Waals surface area contributed by atoms with Crippen molar-refractivity contribution >= 4 is 35.5 Å². The molecule has 2 aliphatic rings. The first kappa shape index (κ1) is 23.9. The van der Waals surface area contributed by atoms with E-state index in [0.29, 0.717) is 30.4 Å². The maximum Gasteiger partial charge on any atom is 0.335 e. The second-order valence-electron chi connectivity index (χ2n) is 7.98. The van der Waals surface area contributed by atoms with Gasteiger partial charge < -0.3 is 25.8 Å². The fourth-order valence-electron chi connectivity index (χ4n) is 3.83. The Kier molecular flexibility index (Phi) is 8.78. The summed E-state index contributed by atoms with van der Waals surface area (Å²) in [6.45, 7) is 0.299. The van der Waals surface area contributed by atoms with Crippen LogP contribution in [0.4, 0.5) is 4.79 Å². The van der Waals surface area contributed by atoms with Crippen LogP contribution in [0.2, 0.25) is 0 Å². The number of rotatable bonds is 13. The predicted molar refractivity (Wildman–Crippen MR) is 120 cm³/mol. The average molecular weight is 464 g/mol. The van der Waals surface area contributed by atoms with Gasteiger partial charge in [0.2, 0.25) is 5.91 Å². The van der Waals surface area contributed by atoms with Crippen LogP contribution in [0.15, 0.2) is 24.3 Å². The molecule has 3 atom stereocenters. The van der Waals surface area contributed by atoms with Gasteiger partial charge in [0.1, 0.15) is 12.4 Å². The molecule has 9 nitrogen and oxygen atoms in total. The number of carboxylic acids is 1. The molecule has 2 fully saturated rings. The van der Waals surface area contributed by atoms with Crippen LogP contribution in [0.25, 0.3) is 0 Å². The van der Waals surface area contributed by atoms with Crippen molar-refractivity contribution < 1.29 is 29.0 Å². The minimum Gasteiger partial charge on any atom is -0.486 e. The predicted octanol–water partition coefficient (Wildman–Crippen LogP) is 1.95. The van der Waals surface area contributed by atoms with Gasteiger partial charge in [0.05, 0.1) is 17.6 Å². The molecule has 1 aromatic carbocycles. The van der Waals surface area contributed by atoms with E-state index in [1.165, 1.54) is 12.1 Å². The van der Waals surface area contributed by atoms with Crippen molar-refractivity contribution in [2.24, 2.45) is 0 Å². The van der Waals surface area contributed by atoms with Crippen LogP contribution in [-0.2, 0) is 9.59 Å². The van der Waals surface area contributed by atoms with Gasteiger partial charge in [-0.2, -0.15) is 11.8 Å². The van der Waals surface area contributed by atoms with E-state index in [9.17, 15) is 19.2 Å². The van der Waals surface area contributed by atoms with E-state index in [1.807, 2.05) is 11.8 Å². The Morgan fingerprint density at radius 3 is 2.81 bits per heavy atom. The minimum absolute atomic E-state index is 0.0213. The van der Waals surface area contributed by atoms with Crippen LogP contribution in [0.3, 0.4) is 0 Å². The van der Waals surface area contributed by atoms with Crippen molar-refractivity contribution in [3.63, 3.8) is 0 Å². The molecule has 1 aromatic rings. The number of unbranched alkanes of at least 4 members (excludes halogenated alkanes) is 1. The molecule has 3 rings (SSSR count). The highest BCUT2D eigenvalue weighted by Crippen LogP contribution is 2.33. The molecule has 0 saturated carbocycles. The maximum absolute atomic E-state index is 12.0. The number of amides is 3. The van der Waals surface area contributed by atoms with Crippen LogP contribution in [0.5, 0.6) is 5.75 Å². The summed E-state index contributed by atoms with van der Waals surface area (Å²) < 4.78 is 5.35. The summed E-state index contributed by atoms with van der Waals surface area (Å²) >= 11 is 1.87. The number of ether oxygens (including phenoxy) is 1. The first-order valence-corrected chi connectivity index (χ1v) is 11.9.